The van der Waals surface area contributed by atoms with Crippen molar-refractivity contribution in [3.63, 3.8) is 0 Å². The Bertz CT molecular complexity index is 533. The first-order valence-electron chi connectivity index (χ1n) is 6.54. The lowest BCUT2D eigenvalue weighted by molar-refractivity contribution is -0.149. The second kappa shape index (κ2) is 6.88. The Morgan fingerprint density at radius 2 is 1.71 bits per heavy atom. The Balaban J connectivity index is 2.75. The molecule has 0 aliphatic rings. The molecule has 0 bridgehead atoms. The lowest BCUT2D eigenvalue weighted by atomic mass is 10.0. The van der Waals surface area contributed by atoms with E-state index in [9.17, 15) is 14.4 Å². The Morgan fingerprint density at radius 3 is 2.19 bits per heavy atom. The van der Waals surface area contributed by atoms with Gasteiger partial charge in [-0.2, -0.15) is 0 Å². The van der Waals surface area contributed by atoms with Crippen LogP contribution < -0.4 is 10.1 Å². The molecule has 0 aliphatic heterocycles. The predicted octanol–water partition coefficient (Wildman–Crippen LogP) is 1.68. The van der Waals surface area contributed by atoms with Crippen molar-refractivity contribution in [2.24, 2.45) is 0 Å². The van der Waals surface area contributed by atoms with Crippen molar-refractivity contribution < 1.29 is 23.9 Å². The maximum absolute atomic E-state index is 12.1. The number of hydrogen-bond acceptors (Lipinski definition) is 5. The van der Waals surface area contributed by atoms with E-state index in [-0.39, 0.29) is 6.61 Å². The van der Waals surface area contributed by atoms with Gasteiger partial charge in [0.1, 0.15) is 11.3 Å². The van der Waals surface area contributed by atoms with E-state index in [0.29, 0.717) is 11.3 Å². The molecule has 0 unspecified atom stereocenters. The third kappa shape index (κ3) is 4.91. The second-order valence-electron chi connectivity index (χ2n) is 4.92. The van der Waals surface area contributed by atoms with Crippen molar-refractivity contribution >= 4 is 17.8 Å². The zero-order valence-corrected chi connectivity index (χ0v) is 12.6. The molecule has 0 aliphatic carbocycles. The van der Waals surface area contributed by atoms with Gasteiger partial charge in [-0.05, 0) is 45.0 Å². The Hall–Kier alpha value is -2.37. The van der Waals surface area contributed by atoms with Crippen LogP contribution in [-0.2, 0) is 14.3 Å². The Morgan fingerprint density at radius 1 is 1.14 bits per heavy atom. The van der Waals surface area contributed by atoms with Crippen LogP contribution in [0.3, 0.4) is 0 Å². The molecule has 114 valence electrons. The van der Waals surface area contributed by atoms with E-state index in [1.807, 2.05) is 0 Å². The van der Waals surface area contributed by atoms with Gasteiger partial charge in [0.2, 0.25) is 0 Å². The molecular weight excluding hydrogens is 274 g/mol. The van der Waals surface area contributed by atoms with Crippen molar-refractivity contribution in [2.75, 3.05) is 6.61 Å². The molecule has 0 fully saturated rings. The van der Waals surface area contributed by atoms with Crippen molar-refractivity contribution in [1.82, 2.24) is 5.32 Å². The highest BCUT2D eigenvalue weighted by Crippen LogP contribution is 2.14. The number of rotatable bonds is 5. The molecule has 6 heteroatoms. The minimum Gasteiger partial charge on any atom is -0.464 e. The van der Waals surface area contributed by atoms with E-state index in [0.717, 1.165) is 0 Å². The van der Waals surface area contributed by atoms with Crippen molar-refractivity contribution in [3.05, 3.63) is 29.8 Å². The van der Waals surface area contributed by atoms with Gasteiger partial charge in [-0.25, -0.2) is 4.79 Å². The van der Waals surface area contributed by atoms with Crippen LogP contribution in [-0.4, -0.2) is 30.0 Å². The topological polar surface area (TPSA) is 81.7 Å². The minimum atomic E-state index is -1.12. The molecule has 1 aromatic carbocycles. The summed E-state index contributed by atoms with van der Waals surface area (Å²) in [7, 11) is 0. The molecule has 0 radical (unpaired) electrons. The van der Waals surface area contributed by atoms with Gasteiger partial charge in [0.15, 0.2) is 0 Å². The van der Waals surface area contributed by atoms with Crippen LogP contribution in [0.15, 0.2) is 24.3 Å². The minimum absolute atomic E-state index is 0.245. The zero-order valence-electron chi connectivity index (χ0n) is 12.6. The summed E-state index contributed by atoms with van der Waals surface area (Å²) in [6.45, 7) is 6.37. The van der Waals surface area contributed by atoms with Gasteiger partial charge >= 0.3 is 11.9 Å². The molecule has 1 N–H and O–H groups in total. The molecule has 1 amide bonds. The van der Waals surface area contributed by atoms with E-state index in [1.54, 1.807) is 20.8 Å². The van der Waals surface area contributed by atoms with E-state index < -0.39 is 23.4 Å². The van der Waals surface area contributed by atoms with Crippen LogP contribution in [0.5, 0.6) is 5.75 Å². The van der Waals surface area contributed by atoms with Gasteiger partial charge in [0, 0.05) is 12.5 Å². The first-order chi connectivity index (χ1) is 9.76. The van der Waals surface area contributed by atoms with Crippen LogP contribution in [0.2, 0.25) is 0 Å². The summed E-state index contributed by atoms with van der Waals surface area (Å²) in [5.74, 6) is -1.00. The molecule has 0 spiro atoms. The number of amides is 1. The van der Waals surface area contributed by atoms with Crippen LogP contribution >= 0.6 is 0 Å². The molecule has 0 heterocycles. The fourth-order valence-electron chi connectivity index (χ4n) is 1.56. The van der Waals surface area contributed by atoms with Gasteiger partial charge in [-0.1, -0.05) is 0 Å². The average Bonchev–Trinajstić information content (AvgIpc) is 2.38. The highest BCUT2D eigenvalue weighted by atomic mass is 16.5. The molecule has 6 nitrogen and oxygen atoms in total. The van der Waals surface area contributed by atoms with Crippen molar-refractivity contribution in [1.29, 1.82) is 0 Å². The van der Waals surface area contributed by atoms with Crippen LogP contribution in [0, 0.1) is 0 Å². The lowest BCUT2D eigenvalue weighted by Gasteiger charge is -2.23. The first-order valence-corrected chi connectivity index (χ1v) is 6.54. The Kier molecular flexibility index (Phi) is 5.46. The summed E-state index contributed by atoms with van der Waals surface area (Å²) in [5.41, 5.74) is -0.773. The Labute approximate surface area is 123 Å². The molecule has 0 saturated heterocycles. The molecule has 0 aromatic heterocycles. The summed E-state index contributed by atoms with van der Waals surface area (Å²) >= 11 is 0. The molecule has 21 heavy (non-hydrogen) atoms. The maximum atomic E-state index is 12.1. The lowest BCUT2D eigenvalue weighted by Crippen LogP contribution is -2.50. The van der Waals surface area contributed by atoms with E-state index in [1.165, 1.54) is 31.2 Å². The fraction of sp³-hybridized carbons (Fsp3) is 0.400. The zero-order chi connectivity index (χ0) is 16.0. The highest BCUT2D eigenvalue weighted by Gasteiger charge is 2.31. The first kappa shape index (κ1) is 16.7. The number of esters is 2. The fourth-order valence-corrected chi connectivity index (χ4v) is 1.56. The standard InChI is InChI=1S/C15H19NO5/c1-5-20-14(19)15(3,4)16-13(18)11-6-8-12(9-7-11)21-10(2)17/h6-9H,5H2,1-4H3,(H,16,18). The van der Waals surface area contributed by atoms with E-state index in [4.69, 9.17) is 9.47 Å². The summed E-state index contributed by atoms with van der Waals surface area (Å²) in [6.07, 6.45) is 0. The number of carbonyl (C=O) groups is 3. The molecule has 1 rings (SSSR count). The quantitative estimate of drug-likeness (QED) is 0.660. The van der Waals surface area contributed by atoms with Gasteiger partial charge in [0.25, 0.3) is 5.91 Å². The van der Waals surface area contributed by atoms with Gasteiger partial charge in [-0.3, -0.25) is 9.59 Å². The molecule has 0 atom stereocenters. The SMILES string of the molecule is CCOC(=O)C(C)(C)NC(=O)c1ccc(OC(C)=O)cc1. The number of benzene rings is 1. The van der Waals surface area contributed by atoms with Gasteiger partial charge in [0.05, 0.1) is 6.61 Å². The van der Waals surface area contributed by atoms with Crippen LogP contribution in [0.1, 0.15) is 38.1 Å². The number of ether oxygens (including phenoxy) is 2. The number of hydrogen-bond donors (Lipinski definition) is 1. The summed E-state index contributed by atoms with van der Waals surface area (Å²) < 4.78 is 9.77. The van der Waals surface area contributed by atoms with Crippen molar-refractivity contribution in [3.8, 4) is 5.75 Å². The second-order valence-corrected chi connectivity index (χ2v) is 4.92. The van der Waals surface area contributed by atoms with Crippen LogP contribution in [0.4, 0.5) is 0 Å². The third-order valence-corrected chi connectivity index (χ3v) is 2.59. The predicted molar refractivity (Wildman–Crippen MR) is 75.9 cm³/mol. The maximum Gasteiger partial charge on any atom is 0.331 e. The van der Waals surface area contributed by atoms with Crippen molar-refractivity contribution in [2.45, 2.75) is 33.2 Å². The monoisotopic (exact) mass is 293 g/mol. The smallest absolute Gasteiger partial charge is 0.331 e. The summed E-state index contributed by atoms with van der Waals surface area (Å²) in [6, 6.07) is 6.03. The molecule has 1 aromatic rings. The average molecular weight is 293 g/mol. The largest absolute Gasteiger partial charge is 0.464 e. The highest BCUT2D eigenvalue weighted by molar-refractivity contribution is 5.98. The summed E-state index contributed by atoms with van der Waals surface area (Å²) in [4.78, 5) is 34.6. The van der Waals surface area contributed by atoms with Crippen LogP contribution in [0.25, 0.3) is 0 Å². The third-order valence-electron chi connectivity index (χ3n) is 2.59. The van der Waals surface area contributed by atoms with Gasteiger partial charge in [-0.15, -0.1) is 0 Å². The van der Waals surface area contributed by atoms with E-state index in [2.05, 4.69) is 5.32 Å². The normalized spacial score (nSPS) is 10.7. The molecule has 0 saturated carbocycles. The number of nitrogens with one attached hydrogen (secondary N) is 1. The number of carbonyl (C=O) groups excluding carboxylic acids is 3. The summed E-state index contributed by atoms with van der Waals surface area (Å²) in [5, 5.41) is 2.60. The molecular formula is C15H19NO5. The van der Waals surface area contributed by atoms with E-state index >= 15 is 0 Å². The van der Waals surface area contributed by atoms with Gasteiger partial charge < -0.3 is 14.8 Å².